The summed E-state index contributed by atoms with van der Waals surface area (Å²) >= 11 is 0. The SMILES string of the molecule is Cl.Cn1cnc([N+](=O)[O-])c1N1CCNCC1. The molecule has 7 nitrogen and oxygen atoms in total. The van der Waals surface area contributed by atoms with E-state index < -0.39 is 4.92 Å². The molecule has 0 saturated carbocycles. The molecule has 0 atom stereocenters. The number of nitro groups is 1. The molecule has 0 aliphatic carbocycles. The first-order chi connectivity index (χ1) is 7.20. The van der Waals surface area contributed by atoms with Crippen molar-refractivity contribution in [3.8, 4) is 0 Å². The standard InChI is InChI=1S/C8H13N5O2.ClH/c1-11-6-10-7(13(14)15)8(11)12-4-2-9-3-5-12;/h6,9H,2-5H2,1H3;1H. The van der Waals surface area contributed by atoms with E-state index in [1.54, 1.807) is 11.6 Å². The van der Waals surface area contributed by atoms with Crippen molar-refractivity contribution in [3.05, 3.63) is 16.4 Å². The van der Waals surface area contributed by atoms with Gasteiger partial charge in [0.1, 0.15) is 0 Å². The Morgan fingerprint density at radius 3 is 2.69 bits per heavy atom. The fraction of sp³-hybridized carbons (Fsp3) is 0.625. The highest BCUT2D eigenvalue weighted by Crippen LogP contribution is 2.25. The molecular formula is C8H14ClN5O2. The Morgan fingerprint density at radius 2 is 2.12 bits per heavy atom. The molecule has 1 aromatic rings. The van der Waals surface area contributed by atoms with Crippen molar-refractivity contribution >= 4 is 24.0 Å². The van der Waals surface area contributed by atoms with E-state index in [4.69, 9.17) is 0 Å². The van der Waals surface area contributed by atoms with E-state index >= 15 is 0 Å². The van der Waals surface area contributed by atoms with Crippen molar-refractivity contribution in [1.29, 1.82) is 0 Å². The normalized spacial score (nSPS) is 15.7. The van der Waals surface area contributed by atoms with Crippen LogP contribution < -0.4 is 10.2 Å². The Bertz CT molecular complexity index is 375. The first-order valence-electron chi connectivity index (χ1n) is 4.81. The number of nitrogens with one attached hydrogen (secondary N) is 1. The van der Waals surface area contributed by atoms with Crippen molar-refractivity contribution in [1.82, 2.24) is 14.9 Å². The Balaban J connectivity index is 0.00000128. The predicted octanol–water partition coefficient (Wildman–Crippen LogP) is 0.160. The van der Waals surface area contributed by atoms with Crippen molar-refractivity contribution < 1.29 is 4.92 Å². The summed E-state index contributed by atoms with van der Waals surface area (Å²) in [6.45, 7) is 3.26. The largest absolute Gasteiger partial charge is 0.406 e. The van der Waals surface area contributed by atoms with Gasteiger partial charge in [-0.3, -0.25) is 4.57 Å². The first kappa shape index (κ1) is 12.7. The smallest absolute Gasteiger partial charge is 0.358 e. The highest BCUT2D eigenvalue weighted by molar-refractivity contribution is 5.85. The van der Waals surface area contributed by atoms with Crippen LogP contribution in [-0.4, -0.2) is 40.7 Å². The lowest BCUT2D eigenvalue weighted by molar-refractivity contribution is -0.388. The van der Waals surface area contributed by atoms with E-state index in [9.17, 15) is 10.1 Å². The number of imidazole rings is 1. The molecule has 1 aliphatic rings. The Kier molecular flexibility index (Phi) is 4.08. The molecule has 90 valence electrons. The molecule has 1 N–H and O–H groups in total. The zero-order chi connectivity index (χ0) is 10.8. The van der Waals surface area contributed by atoms with Crippen LogP contribution in [0.4, 0.5) is 11.6 Å². The van der Waals surface area contributed by atoms with Crippen LogP contribution >= 0.6 is 12.4 Å². The fourth-order valence-electron chi connectivity index (χ4n) is 1.78. The number of aryl methyl sites for hydroxylation is 1. The molecular weight excluding hydrogens is 234 g/mol. The average molecular weight is 248 g/mol. The summed E-state index contributed by atoms with van der Waals surface area (Å²) in [5.41, 5.74) is 0. The van der Waals surface area contributed by atoms with Crippen molar-refractivity contribution in [2.45, 2.75) is 0 Å². The summed E-state index contributed by atoms with van der Waals surface area (Å²) in [5.74, 6) is 0.543. The minimum atomic E-state index is -0.433. The van der Waals surface area contributed by atoms with Crippen molar-refractivity contribution in [2.24, 2.45) is 7.05 Å². The summed E-state index contributed by atoms with van der Waals surface area (Å²) in [6, 6.07) is 0. The second kappa shape index (κ2) is 5.13. The van der Waals surface area contributed by atoms with E-state index in [0.29, 0.717) is 5.82 Å². The fourth-order valence-corrected chi connectivity index (χ4v) is 1.78. The van der Waals surface area contributed by atoms with E-state index in [1.165, 1.54) is 6.33 Å². The molecule has 1 saturated heterocycles. The number of rotatable bonds is 2. The third-order valence-corrected chi connectivity index (χ3v) is 2.48. The maximum Gasteiger partial charge on any atom is 0.406 e. The van der Waals surface area contributed by atoms with Crippen LogP contribution in [0, 0.1) is 10.1 Å². The number of hydrogen-bond donors (Lipinski definition) is 1. The summed E-state index contributed by atoms with van der Waals surface area (Å²) in [5, 5.41) is 14.0. The highest BCUT2D eigenvalue weighted by atomic mass is 35.5. The number of piperazine rings is 1. The number of aromatic nitrogens is 2. The molecule has 8 heteroatoms. The molecule has 0 aromatic carbocycles. The average Bonchev–Trinajstić information content (AvgIpc) is 2.61. The Morgan fingerprint density at radius 1 is 1.50 bits per heavy atom. The topological polar surface area (TPSA) is 76.2 Å². The maximum absolute atomic E-state index is 10.8. The van der Waals surface area contributed by atoms with Gasteiger partial charge in [0.25, 0.3) is 0 Å². The van der Waals surface area contributed by atoms with Crippen LogP contribution in [0.15, 0.2) is 6.33 Å². The lowest BCUT2D eigenvalue weighted by Gasteiger charge is -2.28. The number of hydrogen-bond acceptors (Lipinski definition) is 5. The molecule has 1 aromatic heterocycles. The van der Waals surface area contributed by atoms with Gasteiger partial charge in [-0.15, -0.1) is 12.4 Å². The van der Waals surface area contributed by atoms with Gasteiger partial charge in [0, 0.05) is 33.2 Å². The molecule has 1 fully saturated rings. The van der Waals surface area contributed by atoms with Gasteiger partial charge in [0.05, 0.1) is 0 Å². The van der Waals surface area contributed by atoms with Gasteiger partial charge < -0.3 is 20.3 Å². The van der Waals surface area contributed by atoms with Crippen molar-refractivity contribution in [3.63, 3.8) is 0 Å². The third kappa shape index (κ3) is 2.25. The molecule has 0 spiro atoms. The maximum atomic E-state index is 10.8. The van der Waals surface area contributed by atoms with Crippen LogP contribution in [0.1, 0.15) is 0 Å². The van der Waals surface area contributed by atoms with E-state index in [0.717, 1.165) is 26.2 Å². The quantitative estimate of drug-likeness (QED) is 0.595. The molecule has 2 rings (SSSR count). The van der Waals surface area contributed by atoms with Crippen LogP contribution in [0.3, 0.4) is 0 Å². The van der Waals surface area contributed by atoms with Gasteiger partial charge >= 0.3 is 5.82 Å². The lowest BCUT2D eigenvalue weighted by atomic mass is 10.3. The number of nitrogens with zero attached hydrogens (tertiary/aromatic N) is 4. The van der Waals surface area contributed by atoms with Crippen LogP contribution in [0.2, 0.25) is 0 Å². The summed E-state index contributed by atoms with van der Waals surface area (Å²) in [4.78, 5) is 16.1. The summed E-state index contributed by atoms with van der Waals surface area (Å²) in [7, 11) is 1.78. The number of halogens is 1. The van der Waals surface area contributed by atoms with Gasteiger partial charge in [-0.05, 0) is 9.91 Å². The van der Waals surface area contributed by atoms with Gasteiger partial charge in [-0.25, -0.2) is 0 Å². The van der Waals surface area contributed by atoms with E-state index in [1.807, 2.05) is 4.90 Å². The molecule has 0 radical (unpaired) electrons. The van der Waals surface area contributed by atoms with Crippen LogP contribution in [0.25, 0.3) is 0 Å². The predicted molar refractivity (Wildman–Crippen MR) is 62.2 cm³/mol. The van der Waals surface area contributed by atoms with Crippen molar-refractivity contribution in [2.75, 3.05) is 31.1 Å². The van der Waals surface area contributed by atoms with E-state index in [-0.39, 0.29) is 18.2 Å². The van der Waals surface area contributed by atoms with Gasteiger partial charge in [0.2, 0.25) is 12.1 Å². The molecule has 0 amide bonds. The zero-order valence-corrected chi connectivity index (χ0v) is 9.74. The van der Waals surface area contributed by atoms with Crippen LogP contribution in [0.5, 0.6) is 0 Å². The molecule has 0 unspecified atom stereocenters. The first-order valence-corrected chi connectivity index (χ1v) is 4.81. The minimum Gasteiger partial charge on any atom is -0.358 e. The highest BCUT2D eigenvalue weighted by Gasteiger charge is 2.26. The molecule has 0 bridgehead atoms. The molecule has 16 heavy (non-hydrogen) atoms. The second-order valence-electron chi connectivity index (χ2n) is 3.50. The zero-order valence-electron chi connectivity index (χ0n) is 8.92. The molecule has 2 heterocycles. The second-order valence-corrected chi connectivity index (χ2v) is 3.50. The van der Waals surface area contributed by atoms with Gasteiger partial charge in [-0.2, -0.15) is 0 Å². The molecule has 1 aliphatic heterocycles. The monoisotopic (exact) mass is 247 g/mol. The summed E-state index contributed by atoms with van der Waals surface area (Å²) in [6.07, 6.45) is 1.48. The minimum absolute atomic E-state index is 0. The van der Waals surface area contributed by atoms with E-state index in [2.05, 4.69) is 10.3 Å². The van der Waals surface area contributed by atoms with Crippen LogP contribution in [-0.2, 0) is 7.05 Å². The Hall–Kier alpha value is -1.34. The van der Waals surface area contributed by atoms with Gasteiger partial charge in [-0.1, -0.05) is 0 Å². The Labute approximate surface area is 99.0 Å². The number of anilines is 1. The lowest BCUT2D eigenvalue weighted by Crippen LogP contribution is -2.44. The third-order valence-electron chi connectivity index (χ3n) is 2.48. The van der Waals surface area contributed by atoms with Gasteiger partial charge in [0.15, 0.2) is 0 Å². The summed E-state index contributed by atoms with van der Waals surface area (Å²) < 4.78 is 1.70.